The largest absolute Gasteiger partial charge is 0.376 e. The first-order valence-corrected chi connectivity index (χ1v) is 10.1. The Balaban J connectivity index is 1.67. The second-order valence-electron chi connectivity index (χ2n) is 7.90. The van der Waals surface area contributed by atoms with Gasteiger partial charge in [0.2, 0.25) is 0 Å². The highest BCUT2D eigenvalue weighted by Gasteiger charge is 2.24. The second kappa shape index (κ2) is 8.21. The summed E-state index contributed by atoms with van der Waals surface area (Å²) in [5.74, 6) is -0.0760. The molecule has 1 aliphatic rings. The van der Waals surface area contributed by atoms with E-state index in [0.29, 0.717) is 17.7 Å². The lowest BCUT2D eigenvalue weighted by Gasteiger charge is -2.25. The number of aromatic amines is 1. The normalized spacial score (nSPS) is 16.3. The SMILES string of the molecule is Cc1cccc(C(=O)N(Cc2cc3cc(C)ccc3[nH]c2=O)C[C@H]2CCCO2)c1. The van der Waals surface area contributed by atoms with Crippen LogP contribution in [-0.2, 0) is 11.3 Å². The highest BCUT2D eigenvalue weighted by atomic mass is 16.5. The Hall–Kier alpha value is -2.92. The number of nitrogens with zero attached hydrogens (tertiary/aromatic N) is 1. The number of ether oxygens (including phenoxy) is 1. The number of carbonyl (C=O) groups excluding carboxylic acids is 1. The summed E-state index contributed by atoms with van der Waals surface area (Å²) in [7, 11) is 0. The second-order valence-corrected chi connectivity index (χ2v) is 7.90. The van der Waals surface area contributed by atoms with Crippen molar-refractivity contribution >= 4 is 16.8 Å². The first kappa shape index (κ1) is 19.4. The molecule has 1 N–H and O–H groups in total. The van der Waals surface area contributed by atoms with Crippen LogP contribution in [0.15, 0.2) is 53.3 Å². The van der Waals surface area contributed by atoms with Crippen LogP contribution in [-0.4, -0.2) is 35.0 Å². The van der Waals surface area contributed by atoms with E-state index in [1.54, 1.807) is 4.90 Å². The highest BCUT2D eigenvalue weighted by Crippen LogP contribution is 2.19. The Labute approximate surface area is 170 Å². The summed E-state index contributed by atoms with van der Waals surface area (Å²) in [4.78, 5) is 30.7. The molecule has 0 unspecified atom stereocenters. The summed E-state index contributed by atoms with van der Waals surface area (Å²) < 4.78 is 5.77. The van der Waals surface area contributed by atoms with Gasteiger partial charge in [0.1, 0.15) is 0 Å². The van der Waals surface area contributed by atoms with Gasteiger partial charge in [-0.3, -0.25) is 9.59 Å². The van der Waals surface area contributed by atoms with Crippen molar-refractivity contribution in [1.82, 2.24) is 9.88 Å². The zero-order valence-corrected chi connectivity index (χ0v) is 16.9. The van der Waals surface area contributed by atoms with Crippen LogP contribution < -0.4 is 5.56 Å². The van der Waals surface area contributed by atoms with Crippen molar-refractivity contribution in [1.29, 1.82) is 0 Å². The molecule has 150 valence electrons. The average Bonchev–Trinajstić information content (AvgIpc) is 3.21. The van der Waals surface area contributed by atoms with E-state index >= 15 is 0 Å². The van der Waals surface area contributed by atoms with Gasteiger partial charge in [-0.15, -0.1) is 0 Å². The van der Waals surface area contributed by atoms with Gasteiger partial charge in [-0.05, 0) is 62.4 Å². The monoisotopic (exact) mass is 390 g/mol. The molecule has 1 aromatic heterocycles. The molecular weight excluding hydrogens is 364 g/mol. The van der Waals surface area contributed by atoms with Crippen LogP contribution in [0.5, 0.6) is 0 Å². The lowest BCUT2D eigenvalue weighted by molar-refractivity contribution is 0.0506. The predicted octanol–water partition coefficient (Wildman–Crippen LogP) is 3.97. The lowest BCUT2D eigenvalue weighted by atomic mass is 10.1. The first-order valence-electron chi connectivity index (χ1n) is 10.1. The third-order valence-corrected chi connectivity index (χ3v) is 5.44. The number of pyridine rings is 1. The van der Waals surface area contributed by atoms with Crippen molar-refractivity contribution in [2.45, 2.75) is 39.3 Å². The van der Waals surface area contributed by atoms with E-state index in [1.807, 2.05) is 62.4 Å². The minimum Gasteiger partial charge on any atom is -0.376 e. The van der Waals surface area contributed by atoms with Gasteiger partial charge in [-0.1, -0.05) is 29.3 Å². The smallest absolute Gasteiger partial charge is 0.254 e. The molecule has 5 nitrogen and oxygen atoms in total. The molecule has 0 radical (unpaired) electrons. The average molecular weight is 390 g/mol. The van der Waals surface area contributed by atoms with Crippen molar-refractivity contribution in [2.24, 2.45) is 0 Å². The fourth-order valence-corrected chi connectivity index (χ4v) is 3.91. The van der Waals surface area contributed by atoms with Crippen LogP contribution in [0, 0.1) is 13.8 Å². The van der Waals surface area contributed by atoms with Crippen molar-refractivity contribution in [3.8, 4) is 0 Å². The maximum absolute atomic E-state index is 13.3. The molecule has 0 saturated carbocycles. The van der Waals surface area contributed by atoms with Crippen LogP contribution in [0.4, 0.5) is 0 Å². The van der Waals surface area contributed by atoms with Crippen molar-refractivity contribution in [2.75, 3.05) is 13.2 Å². The highest BCUT2D eigenvalue weighted by molar-refractivity contribution is 5.94. The molecule has 4 rings (SSSR count). The first-order chi connectivity index (χ1) is 14.0. The van der Waals surface area contributed by atoms with Gasteiger partial charge in [0, 0.05) is 29.8 Å². The number of amides is 1. The number of aromatic nitrogens is 1. The molecule has 1 fully saturated rings. The van der Waals surface area contributed by atoms with Crippen LogP contribution >= 0.6 is 0 Å². The van der Waals surface area contributed by atoms with Crippen LogP contribution in [0.2, 0.25) is 0 Å². The van der Waals surface area contributed by atoms with E-state index in [2.05, 4.69) is 4.98 Å². The fraction of sp³-hybridized carbons (Fsp3) is 0.333. The number of aryl methyl sites for hydroxylation is 2. The van der Waals surface area contributed by atoms with Gasteiger partial charge in [0.25, 0.3) is 11.5 Å². The zero-order chi connectivity index (χ0) is 20.4. The Morgan fingerprint density at radius 3 is 2.72 bits per heavy atom. The third kappa shape index (κ3) is 4.40. The summed E-state index contributed by atoms with van der Waals surface area (Å²) >= 11 is 0. The molecule has 0 aliphatic carbocycles. The van der Waals surface area contributed by atoms with Gasteiger partial charge >= 0.3 is 0 Å². The van der Waals surface area contributed by atoms with Gasteiger partial charge in [0.15, 0.2) is 0 Å². The van der Waals surface area contributed by atoms with Gasteiger partial charge < -0.3 is 14.6 Å². The van der Waals surface area contributed by atoms with Crippen LogP contribution in [0.1, 0.15) is 39.9 Å². The summed E-state index contributed by atoms with van der Waals surface area (Å²) in [6, 6.07) is 15.4. The standard InChI is InChI=1S/C24H26N2O3/c1-16-5-3-6-18(11-16)24(28)26(15-21-7-4-10-29-21)14-20-13-19-12-17(2)8-9-22(19)25-23(20)27/h3,5-6,8-9,11-13,21H,4,7,10,14-15H2,1-2H3,(H,25,27)/t21-/m1/s1. The molecule has 5 heteroatoms. The summed E-state index contributed by atoms with van der Waals surface area (Å²) in [6.07, 6.45) is 1.96. The Morgan fingerprint density at radius 1 is 1.14 bits per heavy atom. The van der Waals surface area contributed by atoms with Crippen LogP contribution in [0.25, 0.3) is 10.9 Å². The minimum atomic E-state index is -0.157. The van der Waals surface area contributed by atoms with Crippen LogP contribution in [0.3, 0.4) is 0 Å². The topological polar surface area (TPSA) is 62.4 Å². The number of benzene rings is 2. The molecule has 2 heterocycles. The molecule has 0 spiro atoms. The molecule has 29 heavy (non-hydrogen) atoms. The predicted molar refractivity (Wildman–Crippen MR) is 114 cm³/mol. The Morgan fingerprint density at radius 2 is 1.97 bits per heavy atom. The number of nitrogens with one attached hydrogen (secondary N) is 1. The minimum absolute atomic E-state index is 0.0190. The molecule has 0 bridgehead atoms. The molecule has 1 saturated heterocycles. The van der Waals surface area contributed by atoms with E-state index in [1.165, 1.54) is 0 Å². The van der Waals surface area contributed by atoms with E-state index in [4.69, 9.17) is 4.74 Å². The van der Waals surface area contributed by atoms with Gasteiger partial charge in [0.05, 0.1) is 12.6 Å². The molecule has 1 atom stereocenters. The quantitative estimate of drug-likeness (QED) is 0.717. The van der Waals surface area contributed by atoms with Crippen molar-refractivity contribution in [3.63, 3.8) is 0 Å². The van der Waals surface area contributed by atoms with Crippen molar-refractivity contribution < 1.29 is 9.53 Å². The number of fused-ring (bicyclic) bond motifs is 1. The molecule has 3 aromatic rings. The summed E-state index contributed by atoms with van der Waals surface area (Å²) in [5, 5.41) is 0.972. The maximum Gasteiger partial charge on any atom is 0.254 e. The van der Waals surface area contributed by atoms with E-state index < -0.39 is 0 Å². The Bertz CT molecular complexity index is 1100. The third-order valence-electron chi connectivity index (χ3n) is 5.44. The van der Waals surface area contributed by atoms with E-state index in [9.17, 15) is 9.59 Å². The van der Waals surface area contributed by atoms with Gasteiger partial charge in [-0.25, -0.2) is 0 Å². The Kier molecular flexibility index (Phi) is 5.49. The number of H-pyrrole nitrogens is 1. The molecule has 2 aromatic carbocycles. The molecule has 1 aliphatic heterocycles. The van der Waals surface area contributed by atoms with Crippen molar-refractivity contribution in [3.05, 3.63) is 81.1 Å². The van der Waals surface area contributed by atoms with E-state index in [-0.39, 0.29) is 24.1 Å². The summed E-state index contributed by atoms with van der Waals surface area (Å²) in [6.45, 7) is 5.46. The van der Waals surface area contributed by atoms with E-state index in [0.717, 1.165) is 41.5 Å². The zero-order valence-electron chi connectivity index (χ0n) is 16.9. The maximum atomic E-state index is 13.3. The number of rotatable bonds is 5. The number of carbonyl (C=O) groups is 1. The lowest BCUT2D eigenvalue weighted by Crippen LogP contribution is -2.38. The summed E-state index contributed by atoms with van der Waals surface area (Å²) in [5.41, 5.74) is 4.03. The number of hydrogen-bond donors (Lipinski definition) is 1. The van der Waals surface area contributed by atoms with Gasteiger partial charge in [-0.2, -0.15) is 0 Å². The molecular formula is C24H26N2O3. The fourth-order valence-electron chi connectivity index (χ4n) is 3.91. The molecule has 1 amide bonds. The number of hydrogen-bond acceptors (Lipinski definition) is 3.